The van der Waals surface area contributed by atoms with E-state index in [1.165, 1.54) is 0 Å². The maximum Gasteiger partial charge on any atom is 0.186 e. The fourth-order valence-corrected chi connectivity index (χ4v) is 1.14. The average molecular weight is 176 g/mol. The lowest BCUT2D eigenvalue weighted by Crippen LogP contribution is -2.46. The van der Waals surface area contributed by atoms with E-state index in [4.69, 9.17) is 9.47 Å². The maximum absolute atomic E-state index is 9.39. The largest absolute Gasteiger partial charge is 0.390 e. The van der Waals surface area contributed by atoms with Crippen molar-refractivity contribution < 1.29 is 19.7 Å². The van der Waals surface area contributed by atoms with Crippen LogP contribution in [0.5, 0.6) is 0 Å². The zero-order valence-corrected chi connectivity index (χ0v) is 7.43. The van der Waals surface area contributed by atoms with Gasteiger partial charge in [-0.2, -0.15) is 0 Å². The second-order valence-corrected chi connectivity index (χ2v) is 3.27. The smallest absolute Gasteiger partial charge is 0.186 e. The normalized spacial score (nSPS) is 37.2. The van der Waals surface area contributed by atoms with Gasteiger partial charge >= 0.3 is 0 Å². The molecule has 12 heavy (non-hydrogen) atoms. The van der Waals surface area contributed by atoms with E-state index in [1.807, 2.05) is 13.8 Å². The van der Waals surface area contributed by atoms with Crippen molar-refractivity contribution in [2.75, 3.05) is 6.61 Å². The molecular weight excluding hydrogens is 160 g/mol. The fraction of sp³-hybridized carbons (Fsp3) is 1.00. The van der Waals surface area contributed by atoms with E-state index in [0.29, 0.717) is 13.0 Å². The number of aliphatic hydroxyl groups is 2. The van der Waals surface area contributed by atoms with E-state index in [0.717, 1.165) is 0 Å². The third kappa shape index (κ3) is 2.42. The highest BCUT2D eigenvalue weighted by Gasteiger charge is 2.32. The summed E-state index contributed by atoms with van der Waals surface area (Å²) in [4.78, 5) is 0. The predicted molar refractivity (Wildman–Crippen MR) is 42.6 cm³/mol. The minimum atomic E-state index is -0.916. The van der Waals surface area contributed by atoms with Gasteiger partial charge in [-0.3, -0.25) is 0 Å². The van der Waals surface area contributed by atoms with E-state index >= 15 is 0 Å². The first-order valence-electron chi connectivity index (χ1n) is 4.24. The number of aliphatic hydroxyl groups excluding tert-OH is 2. The Kier molecular flexibility index (Phi) is 3.46. The van der Waals surface area contributed by atoms with Crippen LogP contribution in [0.15, 0.2) is 0 Å². The molecule has 1 fully saturated rings. The van der Waals surface area contributed by atoms with Gasteiger partial charge in [-0.15, -0.1) is 0 Å². The summed E-state index contributed by atoms with van der Waals surface area (Å²) in [7, 11) is 0. The van der Waals surface area contributed by atoms with Gasteiger partial charge < -0.3 is 19.7 Å². The number of hydrogen-bond donors (Lipinski definition) is 2. The quantitative estimate of drug-likeness (QED) is 0.616. The summed E-state index contributed by atoms with van der Waals surface area (Å²) in [6.45, 7) is 4.16. The number of ether oxygens (including phenoxy) is 2. The highest BCUT2D eigenvalue weighted by Crippen LogP contribution is 2.16. The molecule has 3 atom stereocenters. The molecule has 0 amide bonds. The first kappa shape index (κ1) is 9.92. The molecule has 0 spiro atoms. The summed E-state index contributed by atoms with van der Waals surface area (Å²) in [6, 6.07) is 0. The molecule has 1 saturated heterocycles. The van der Waals surface area contributed by atoms with Crippen LogP contribution in [-0.2, 0) is 9.47 Å². The minimum Gasteiger partial charge on any atom is -0.390 e. The summed E-state index contributed by atoms with van der Waals surface area (Å²) in [5.41, 5.74) is 0. The fourth-order valence-electron chi connectivity index (χ4n) is 1.14. The lowest BCUT2D eigenvalue weighted by atomic mass is 10.1. The zero-order valence-electron chi connectivity index (χ0n) is 7.43. The Morgan fingerprint density at radius 1 is 1.42 bits per heavy atom. The molecule has 1 aliphatic heterocycles. The van der Waals surface area contributed by atoms with Crippen LogP contribution in [0.1, 0.15) is 20.3 Å². The van der Waals surface area contributed by atoms with E-state index in [1.54, 1.807) is 0 Å². The van der Waals surface area contributed by atoms with Gasteiger partial charge in [0.2, 0.25) is 0 Å². The first-order valence-corrected chi connectivity index (χ1v) is 4.24. The van der Waals surface area contributed by atoms with Crippen LogP contribution in [0.3, 0.4) is 0 Å². The molecule has 2 N–H and O–H groups in total. The van der Waals surface area contributed by atoms with E-state index in [2.05, 4.69) is 0 Å². The SMILES string of the molecule is CC(C)OC1OCCC(O)C1O. The van der Waals surface area contributed by atoms with Gasteiger partial charge in [-0.25, -0.2) is 0 Å². The van der Waals surface area contributed by atoms with Crippen LogP contribution in [-0.4, -0.2) is 41.4 Å². The topological polar surface area (TPSA) is 58.9 Å². The first-order chi connectivity index (χ1) is 5.61. The van der Waals surface area contributed by atoms with Crippen molar-refractivity contribution in [3.8, 4) is 0 Å². The van der Waals surface area contributed by atoms with Crippen LogP contribution in [0, 0.1) is 0 Å². The van der Waals surface area contributed by atoms with Crippen molar-refractivity contribution in [3.05, 3.63) is 0 Å². The molecule has 0 aromatic carbocycles. The lowest BCUT2D eigenvalue weighted by molar-refractivity contribution is -0.254. The van der Waals surface area contributed by atoms with Gasteiger partial charge in [0.05, 0.1) is 18.8 Å². The van der Waals surface area contributed by atoms with Gasteiger partial charge in [0.25, 0.3) is 0 Å². The molecule has 4 heteroatoms. The number of rotatable bonds is 2. The molecule has 4 nitrogen and oxygen atoms in total. The Morgan fingerprint density at radius 3 is 2.67 bits per heavy atom. The molecule has 3 unspecified atom stereocenters. The van der Waals surface area contributed by atoms with Gasteiger partial charge in [0, 0.05) is 0 Å². The van der Waals surface area contributed by atoms with E-state index in [9.17, 15) is 10.2 Å². The predicted octanol–water partition coefficient (Wildman–Crippen LogP) is -0.120. The van der Waals surface area contributed by atoms with E-state index in [-0.39, 0.29) is 6.10 Å². The van der Waals surface area contributed by atoms with Crippen molar-refractivity contribution in [1.29, 1.82) is 0 Å². The Morgan fingerprint density at radius 2 is 2.08 bits per heavy atom. The summed E-state index contributed by atoms with van der Waals surface area (Å²) in [5.74, 6) is 0. The van der Waals surface area contributed by atoms with Crippen molar-refractivity contribution >= 4 is 0 Å². The molecule has 0 aromatic heterocycles. The summed E-state index contributed by atoms with van der Waals surface area (Å²) >= 11 is 0. The molecule has 0 saturated carbocycles. The molecule has 0 aliphatic carbocycles. The second-order valence-electron chi connectivity index (χ2n) is 3.27. The van der Waals surface area contributed by atoms with Crippen LogP contribution in [0.4, 0.5) is 0 Å². The van der Waals surface area contributed by atoms with Gasteiger partial charge in [0.15, 0.2) is 6.29 Å². The van der Waals surface area contributed by atoms with Crippen LogP contribution in [0.25, 0.3) is 0 Å². The summed E-state index contributed by atoms with van der Waals surface area (Å²) in [5, 5.41) is 18.6. The molecule has 0 aromatic rings. The molecule has 1 rings (SSSR count). The summed E-state index contributed by atoms with van der Waals surface area (Å²) in [6.07, 6.45) is -1.84. The Balaban J connectivity index is 2.41. The molecule has 0 radical (unpaired) electrons. The number of hydrogen-bond acceptors (Lipinski definition) is 4. The van der Waals surface area contributed by atoms with Gasteiger partial charge in [-0.05, 0) is 20.3 Å². The minimum absolute atomic E-state index is 0.00468. The maximum atomic E-state index is 9.39. The Hall–Kier alpha value is -0.160. The highest BCUT2D eigenvalue weighted by molar-refractivity contribution is 4.75. The lowest BCUT2D eigenvalue weighted by Gasteiger charge is -2.32. The van der Waals surface area contributed by atoms with Crippen molar-refractivity contribution in [3.63, 3.8) is 0 Å². The van der Waals surface area contributed by atoms with Crippen LogP contribution >= 0.6 is 0 Å². The molecule has 1 aliphatic rings. The Labute approximate surface area is 72.1 Å². The average Bonchev–Trinajstić information content (AvgIpc) is 1.98. The van der Waals surface area contributed by atoms with E-state index < -0.39 is 18.5 Å². The van der Waals surface area contributed by atoms with Crippen molar-refractivity contribution in [2.45, 2.75) is 44.9 Å². The van der Waals surface area contributed by atoms with Gasteiger partial charge in [0.1, 0.15) is 6.10 Å². The zero-order chi connectivity index (χ0) is 9.14. The van der Waals surface area contributed by atoms with Crippen molar-refractivity contribution in [1.82, 2.24) is 0 Å². The van der Waals surface area contributed by atoms with Crippen LogP contribution in [0.2, 0.25) is 0 Å². The van der Waals surface area contributed by atoms with Gasteiger partial charge in [-0.1, -0.05) is 0 Å². The monoisotopic (exact) mass is 176 g/mol. The third-order valence-electron chi connectivity index (χ3n) is 1.78. The molecule has 72 valence electrons. The van der Waals surface area contributed by atoms with Crippen molar-refractivity contribution in [2.24, 2.45) is 0 Å². The molecule has 0 bridgehead atoms. The molecule has 1 heterocycles. The summed E-state index contributed by atoms with van der Waals surface area (Å²) < 4.78 is 10.4. The molecular formula is C8H16O4. The Bertz CT molecular complexity index is 137. The standard InChI is InChI=1S/C8H16O4/c1-5(2)12-8-7(10)6(9)3-4-11-8/h5-10H,3-4H2,1-2H3. The van der Waals surface area contributed by atoms with Crippen LogP contribution < -0.4 is 0 Å². The second kappa shape index (κ2) is 4.18. The highest BCUT2D eigenvalue weighted by atomic mass is 16.7. The third-order valence-corrected chi connectivity index (χ3v) is 1.78.